The molecule has 0 aliphatic heterocycles. The third kappa shape index (κ3) is 4.25. The van der Waals surface area contributed by atoms with Crippen molar-refractivity contribution in [3.63, 3.8) is 0 Å². The van der Waals surface area contributed by atoms with Crippen molar-refractivity contribution in [1.82, 2.24) is 0 Å². The first-order valence-electron chi connectivity index (χ1n) is 16.7. The first-order valence-corrected chi connectivity index (χ1v) is 16.7. The van der Waals surface area contributed by atoms with Crippen LogP contribution in [0.15, 0.2) is 176 Å². The number of anilines is 3. The fourth-order valence-electron chi connectivity index (χ4n) is 7.95. The monoisotopic (exact) mass is 609 g/mol. The van der Waals surface area contributed by atoms with Gasteiger partial charge in [0, 0.05) is 17.1 Å². The Labute approximate surface area is 280 Å². The molecule has 0 atom stereocenters. The van der Waals surface area contributed by atoms with Gasteiger partial charge < -0.3 is 4.90 Å². The van der Waals surface area contributed by atoms with Crippen molar-refractivity contribution >= 4 is 49.4 Å². The molecule has 224 valence electrons. The molecule has 0 unspecified atom stereocenters. The molecule has 0 N–H and O–H groups in total. The maximum atomic E-state index is 2.43. The normalized spacial score (nSPS) is 12.1. The van der Waals surface area contributed by atoms with Crippen molar-refractivity contribution in [2.24, 2.45) is 0 Å². The number of rotatable bonds is 5. The standard InChI is InChI=1S/C47H31N/c1-3-10-39(11-4-1)48(40-12-5-2-6-13-40)41-22-16-31(17-23-41)35-20-25-43-37(28-35)30-38-29-36(21-26-44(38)43)42-24-18-34-15-14-32-8-7-9-33-19-27-45(42)47(34)46(32)33/h1-29H,30H2. The molecule has 0 aromatic heterocycles. The van der Waals surface area contributed by atoms with E-state index in [-0.39, 0.29) is 0 Å². The van der Waals surface area contributed by atoms with Crippen LogP contribution in [0.4, 0.5) is 17.1 Å². The van der Waals surface area contributed by atoms with Crippen molar-refractivity contribution in [1.29, 1.82) is 0 Å². The highest BCUT2D eigenvalue weighted by molar-refractivity contribution is 6.25. The van der Waals surface area contributed by atoms with Crippen LogP contribution in [0.5, 0.6) is 0 Å². The van der Waals surface area contributed by atoms with E-state index in [1.807, 2.05) is 0 Å². The van der Waals surface area contributed by atoms with Gasteiger partial charge >= 0.3 is 0 Å². The average Bonchev–Trinajstić information content (AvgIpc) is 3.52. The van der Waals surface area contributed by atoms with Gasteiger partial charge in [0.05, 0.1) is 0 Å². The van der Waals surface area contributed by atoms with Gasteiger partial charge in [0.2, 0.25) is 0 Å². The highest BCUT2D eigenvalue weighted by Crippen LogP contribution is 2.44. The highest BCUT2D eigenvalue weighted by Gasteiger charge is 2.21. The third-order valence-electron chi connectivity index (χ3n) is 10.2. The summed E-state index contributed by atoms with van der Waals surface area (Å²) in [6, 6.07) is 64.6. The number of hydrogen-bond acceptors (Lipinski definition) is 1. The third-order valence-corrected chi connectivity index (χ3v) is 10.2. The lowest BCUT2D eigenvalue weighted by molar-refractivity contribution is 1.26. The zero-order valence-electron chi connectivity index (χ0n) is 26.4. The fraction of sp³-hybridized carbons (Fsp3) is 0.0213. The van der Waals surface area contributed by atoms with Crippen LogP contribution in [-0.2, 0) is 6.42 Å². The molecule has 0 spiro atoms. The predicted octanol–water partition coefficient (Wildman–Crippen LogP) is 13.0. The van der Waals surface area contributed by atoms with Crippen LogP contribution >= 0.6 is 0 Å². The zero-order valence-corrected chi connectivity index (χ0v) is 26.4. The summed E-state index contributed by atoms with van der Waals surface area (Å²) in [6.45, 7) is 0. The van der Waals surface area contributed by atoms with Crippen LogP contribution in [-0.4, -0.2) is 0 Å². The molecule has 1 nitrogen and oxygen atoms in total. The lowest BCUT2D eigenvalue weighted by atomic mass is 9.89. The van der Waals surface area contributed by atoms with Crippen LogP contribution in [0.2, 0.25) is 0 Å². The van der Waals surface area contributed by atoms with Gasteiger partial charge in [-0.25, -0.2) is 0 Å². The molecular weight excluding hydrogens is 579 g/mol. The number of hydrogen-bond donors (Lipinski definition) is 0. The Hall–Kier alpha value is -6.18. The highest BCUT2D eigenvalue weighted by atomic mass is 15.1. The summed E-state index contributed by atoms with van der Waals surface area (Å²) in [5.41, 5.74) is 14.0. The van der Waals surface area contributed by atoms with Crippen molar-refractivity contribution < 1.29 is 0 Å². The van der Waals surface area contributed by atoms with Crippen LogP contribution in [0.1, 0.15) is 11.1 Å². The maximum absolute atomic E-state index is 2.43. The quantitative estimate of drug-likeness (QED) is 0.176. The Morgan fingerprint density at radius 3 is 1.50 bits per heavy atom. The van der Waals surface area contributed by atoms with Gasteiger partial charge in [-0.15, -0.1) is 0 Å². The summed E-state index contributed by atoms with van der Waals surface area (Å²) < 4.78 is 0. The molecule has 9 aromatic rings. The van der Waals surface area contributed by atoms with E-state index in [1.54, 1.807) is 0 Å². The van der Waals surface area contributed by atoms with Crippen molar-refractivity contribution in [2.75, 3.05) is 4.90 Å². The second-order valence-electron chi connectivity index (χ2n) is 12.9. The van der Waals surface area contributed by atoms with Crippen LogP contribution < -0.4 is 4.90 Å². The van der Waals surface area contributed by atoms with Gasteiger partial charge in [0.1, 0.15) is 0 Å². The number of fused-ring (bicyclic) bond motifs is 3. The average molecular weight is 610 g/mol. The first kappa shape index (κ1) is 27.0. The van der Waals surface area contributed by atoms with Crippen molar-refractivity contribution in [3.05, 3.63) is 187 Å². The summed E-state index contributed by atoms with van der Waals surface area (Å²) in [7, 11) is 0. The molecule has 10 rings (SSSR count). The van der Waals surface area contributed by atoms with E-state index in [4.69, 9.17) is 0 Å². The van der Waals surface area contributed by atoms with Crippen LogP contribution in [0.25, 0.3) is 65.7 Å². The molecule has 0 saturated heterocycles. The summed E-state index contributed by atoms with van der Waals surface area (Å²) >= 11 is 0. The van der Waals surface area contributed by atoms with Crippen molar-refractivity contribution in [2.45, 2.75) is 6.42 Å². The molecule has 0 fully saturated rings. The Morgan fingerprint density at radius 1 is 0.333 bits per heavy atom. The Balaban J connectivity index is 0.980. The number of benzene rings is 9. The second kappa shape index (κ2) is 10.7. The van der Waals surface area contributed by atoms with E-state index in [0.717, 1.165) is 23.5 Å². The number of para-hydroxylation sites is 2. The zero-order chi connectivity index (χ0) is 31.6. The van der Waals surface area contributed by atoms with Gasteiger partial charge in [-0.2, -0.15) is 0 Å². The van der Waals surface area contributed by atoms with Gasteiger partial charge in [-0.3, -0.25) is 0 Å². The minimum atomic E-state index is 0.950. The maximum Gasteiger partial charge on any atom is 0.0462 e. The van der Waals surface area contributed by atoms with E-state index in [9.17, 15) is 0 Å². The van der Waals surface area contributed by atoms with Gasteiger partial charge in [-0.05, 0) is 120 Å². The Bertz CT molecular complexity index is 2560. The molecule has 0 amide bonds. The minimum Gasteiger partial charge on any atom is -0.311 e. The summed E-state index contributed by atoms with van der Waals surface area (Å²) in [5, 5.41) is 8.00. The van der Waals surface area contributed by atoms with E-state index < -0.39 is 0 Å². The summed E-state index contributed by atoms with van der Waals surface area (Å²) in [6.07, 6.45) is 0.950. The molecule has 0 radical (unpaired) electrons. The van der Waals surface area contributed by atoms with Gasteiger partial charge in [-0.1, -0.05) is 140 Å². The molecule has 48 heavy (non-hydrogen) atoms. The van der Waals surface area contributed by atoms with Gasteiger partial charge in [0.15, 0.2) is 0 Å². The summed E-state index contributed by atoms with van der Waals surface area (Å²) in [4.78, 5) is 2.31. The largest absolute Gasteiger partial charge is 0.311 e. The Morgan fingerprint density at radius 2 is 0.833 bits per heavy atom. The Kier molecular flexibility index (Phi) is 6.01. The second-order valence-corrected chi connectivity index (χ2v) is 12.9. The molecule has 0 saturated carbocycles. The molecule has 1 aliphatic rings. The van der Waals surface area contributed by atoms with E-state index >= 15 is 0 Å². The molecular formula is C47H31N. The van der Waals surface area contributed by atoms with E-state index in [1.165, 1.54) is 76.8 Å². The first-order chi connectivity index (χ1) is 23.8. The van der Waals surface area contributed by atoms with Crippen LogP contribution in [0.3, 0.4) is 0 Å². The van der Waals surface area contributed by atoms with Crippen molar-refractivity contribution in [3.8, 4) is 33.4 Å². The number of nitrogens with zero attached hydrogens (tertiary/aromatic N) is 1. The van der Waals surface area contributed by atoms with E-state index in [2.05, 4.69) is 181 Å². The smallest absolute Gasteiger partial charge is 0.0462 e. The molecule has 0 bridgehead atoms. The van der Waals surface area contributed by atoms with E-state index in [0.29, 0.717) is 0 Å². The predicted molar refractivity (Wildman–Crippen MR) is 204 cm³/mol. The lowest BCUT2D eigenvalue weighted by Gasteiger charge is -2.25. The molecule has 9 aromatic carbocycles. The molecule has 1 aliphatic carbocycles. The molecule has 0 heterocycles. The topological polar surface area (TPSA) is 3.24 Å². The molecule has 1 heteroatoms. The lowest BCUT2D eigenvalue weighted by Crippen LogP contribution is -2.09. The fourth-order valence-corrected chi connectivity index (χ4v) is 7.95. The SMILES string of the molecule is c1ccc(N(c2ccccc2)c2ccc(-c3ccc4c(c3)Cc3cc(-c5ccc6ccc7cccc8ccc5c6c78)ccc3-4)cc2)cc1. The minimum absolute atomic E-state index is 0.950. The van der Waals surface area contributed by atoms with Crippen LogP contribution in [0, 0.1) is 0 Å². The summed E-state index contributed by atoms with van der Waals surface area (Å²) in [5.74, 6) is 0. The van der Waals surface area contributed by atoms with Gasteiger partial charge in [0.25, 0.3) is 0 Å².